The van der Waals surface area contributed by atoms with Crippen LogP contribution < -0.4 is 5.43 Å². The molecule has 2 aromatic carbocycles. The maximum atomic E-state index is 12.2. The summed E-state index contributed by atoms with van der Waals surface area (Å²) in [5.41, 5.74) is 4.74. The van der Waals surface area contributed by atoms with Crippen molar-refractivity contribution in [2.24, 2.45) is 5.10 Å². The fourth-order valence-electron chi connectivity index (χ4n) is 3.27. The van der Waals surface area contributed by atoms with Gasteiger partial charge in [-0.15, -0.1) is 0 Å². The van der Waals surface area contributed by atoms with Gasteiger partial charge in [-0.3, -0.25) is 24.7 Å². The average Bonchev–Trinajstić information content (AvgIpc) is 2.75. The van der Waals surface area contributed by atoms with Crippen molar-refractivity contribution in [1.82, 2.24) is 15.2 Å². The molecule has 0 unspecified atom stereocenters. The number of hydrogen-bond donors (Lipinski definition) is 1. The van der Waals surface area contributed by atoms with Gasteiger partial charge in [0.15, 0.2) is 0 Å². The van der Waals surface area contributed by atoms with Crippen LogP contribution in [0.5, 0.6) is 0 Å². The van der Waals surface area contributed by atoms with Crippen LogP contribution >= 0.6 is 11.6 Å². The zero-order chi connectivity index (χ0) is 21.5. The molecule has 1 aliphatic heterocycles. The van der Waals surface area contributed by atoms with E-state index in [0.717, 1.165) is 43.3 Å². The van der Waals surface area contributed by atoms with E-state index in [4.69, 9.17) is 11.6 Å². The second kappa shape index (κ2) is 10.3. The van der Waals surface area contributed by atoms with Gasteiger partial charge in [-0.1, -0.05) is 41.9 Å². The van der Waals surface area contributed by atoms with Crippen molar-refractivity contribution in [3.8, 4) is 0 Å². The molecule has 0 atom stereocenters. The van der Waals surface area contributed by atoms with Crippen molar-refractivity contribution in [2.45, 2.75) is 13.5 Å². The van der Waals surface area contributed by atoms with E-state index >= 15 is 0 Å². The van der Waals surface area contributed by atoms with Gasteiger partial charge in [0.05, 0.1) is 17.2 Å². The molecule has 0 spiro atoms. The Labute approximate surface area is 180 Å². The van der Waals surface area contributed by atoms with Gasteiger partial charge in [-0.2, -0.15) is 5.10 Å². The monoisotopic (exact) mass is 429 g/mol. The number of nitro groups is 1. The van der Waals surface area contributed by atoms with E-state index in [-0.39, 0.29) is 18.1 Å². The first-order valence-corrected chi connectivity index (χ1v) is 10.1. The quantitative estimate of drug-likeness (QED) is 0.415. The number of halogens is 1. The molecule has 1 N–H and O–H groups in total. The van der Waals surface area contributed by atoms with Gasteiger partial charge in [-0.05, 0) is 18.6 Å². The van der Waals surface area contributed by atoms with Crippen molar-refractivity contribution in [3.05, 3.63) is 74.8 Å². The Balaban J connectivity index is 1.45. The highest BCUT2D eigenvalue weighted by atomic mass is 35.5. The molecule has 1 saturated heterocycles. The summed E-state index contributed by atoms with van der Waals surface area (Å²) < 4.78 is 0. The number of nitrogens with one attached hydrogen (secondary N) is 1. The Morgan fingerprint density at radius 1 is 1.13 bits per heavy atom. The fourth-order valence-corrected chi connectivity index (χ4v) is 3.46. The van der Waals surface area contributed by atoms with Crippen LogP contribution in [-0.2, 0) is 11.3 Å². The van der Waals surface area contributed by atoms with Crippen LogP contribution in [0.3, 0.4) is 0 Å². The molecule has 0 saturated carbocycles. The first-order valence-electron chi connectivity index (χ1n) is 9.68. The van der Waals surface area contributed by atoms with Crippen LogP contribution in [0.25, 0.3) is 0 Å². The van der Waals surface area contributed by atoms with Crippen molar-refractivity contribution < 1.29 is 9.72 Å². The van der Waals surface area contributed by atoms with E-state index in [1.54, 1.807) is 19.1 Å². The van der Waals surface area contributed by atoms with E-state index in [2.05, 4.69) is 20.3 Å². The lowest BCUT2D eigenvalue weighted by Crippen LogP contribution is -2.48. The molecular formula is C21H24ClN5O3. The van der Waals surface area contributed by atoms with Crippen LogP contribution in [0.2, 0.25) is 5.02 Å². The number of piperazine rings is 1. The lowest BCUT2D eigenvalue weighted by Gasteiger charge is -2.34. The van der Waals surface area contributed by atoms with Crippen LogP contribution in [-0.4, -0.2) is 59.1 Å². The van der Waals surface area contributed by atoms with Crippen LogP contribution in [0, 0.1) is 10.1 Å². The molecule has 3 rings (SSSR count). The Bertz CT molecular complexity index is 942. The van der Waals surface area contributed by atoms with Gasteiger partial charge in [0.25, 0.3) is 11.6 Å². The number of rotatable bonds is 7. The minimum absolute atomic E-state index is 0.0111. The molecule has 1 fully saturated rings. The number of nitrogens with zero attached hydrogens (tertiary/aromatic N) is 4. The molecule has 0 radical (unpaired) electrons. The average molecular weight is 430 g/mol. The highest BCUT2D eigenvalue weighted by Gasteiger charge is 2.19. The van der Waals surface area contributed by atoms with E-state index in [0.29, 0.717) is 11.3 Å². The smallest absolute Gasteiger partial charge is 0.270 e. The zero-order valence-electron chi connectivity index (χ0n) is 16.8. The van der Waals surface area contributed by atoms with Crippen LogP contribution in [0.4, 0.5) is 5.69 Å². The van der Waals surface area contributed by atoms with E-state index in [1.807, 2.05) is 24.3 Å². The standard InChI is InChI=1S/C21H24ClN5O3/c1-16(17-6-4-7-19(13-17)27(29)30)23-24-21(28)15-26-11-9-25(10-12-26)14-18-5-2-3-8-20(18)22/h2-8,13H,9-12,14-15H2,1H3,(H,24,28)/b23-16-. The number of benzene rings is 2. The molecule has 30 heavy (non-hydrogen) atoms. The Hall–Kier alpha value is -2.81. The molecule has 0 aliphatic carbocycles. The van der Waals surface area contributed by atoms with Gasteiger partial charge in [-0.25, -0.2) is 5.43 Å². The topological polar surface area (TPSA) is 91.1 Å². The van der Waals surface area contributed by atoms with Gasteiger partial charge in [0.1, 0.15) is 0 Å². The van der Waals surface area contributed by atoms with Gasteiger partial charge < -0.3 is 0 Å². The largest absolute Gasteiger partial charge is 0.296 e. The summed E-state index contributed by atoms with van der Waals surface area (Å²) in [7, 11) is 0. The van der Waals surface area contributed by atoms with Crippen LogP contribution in [0.15, 0.2) is 53.6 Å². The third kappa shape index (κ3) is 6.09. The number of non-ortho nitro benzene ring substituents is 1. The van der Waals surface area contributed by atoms with E-state index < -0.39 is 4.92 Å². The number of amides is 1. The highest BCUT2D eigenvalue weighted by Crippen LogP contribution is 2.18. The molecule has 9 heteroatoms. The summed E-state index contributed by atoms with van der Waals surface area (Å²) in [4.78, 5) is 27.1. The summed E-state index contributed by atoms with van der Waals surface area (Å²) >= 11 is 6.23. The molecule has 8 nitrogen and oxygen atoms in total. The minimum Gasteiger partial charge on any atom is -0.296 e. The maximum absolute atomic E-state index is 12.2. The summed E-state index contributed by atoms with van der Waals surface area (Å²) in [6.07, 6.45) is 0. The molecule has 0 bridgehead atoms. The van der Waals surface area contributed by atoms with Crippen molar-refractivity contribution in [3.63, 3.8) is 0 Å². The third-order valence-electron chi connectivity index (χ3n) is 5.01. The number of hydrazone groups is 1. The second-order valence-corrected chi connectivity index (χ2v) is 7.59. The normalized spacial score (nSPS) is 15.7. The third-order valence-corrected chi connectivity index (χ3v) is 5.38. The van der Waals surface area contributed by atoms with Crippen molar-refractivity contribution in [2.75, 3.05) is 32.7 Å². The zero-order valence-corrected chi connectivity index (χ0v) is 17.5. The highest BCUT2D eigenvalue weighted by molar-refractivity contribution is 6.31. The molecule has 1 amide bonds. The van der Waals surface area contributed by atoms with Crippen molar-refractivity contribution >= 4 is 28.9 Å². The summed E-state index contributed by atoms with van der Waals surface area (Å²) in [6, 6.07) is 14.0. The predicted octanol–water partition coefficient (Wildman–Crippen LogP) is 2.91. The summed E-state index contributed by atoms with van der Waals surface area (Å²) in [5, 5.41) is 15.7. The lowest BCUT2D eigenvalue weighted by molar-refractivity contribution is -0.384. The molecule has 0 aromatic heterocycles. The Morgan fingerprint density at radius 2 is 1.83 bits per heavy atom. The first-order chi connectivity index (χ1) is 14.4. The molecule has 158 valence electrons. The Kier molecular flexibility index (Phi) is 7.51. The minimum atomic E-state index is -0.458. The van der Waals surface area contributed by atoms with Crippen LogP contribution in [0.1, 0.15) is 18.1 Å². The van der Waals surface area contributed by atoms with Gasteiger partial charge in [0.2, 0.25) is 0 Å². The number of carbonyl (C=O) groups is 1. The summed E-state index contributed by atoms with van der Waals surface area (Å²) in [6.45, 7) is 6.03. The number of carbonyl (C=O) groups excluding carboxylic acids is 1. The summed E-state index contributed by atoms with van der Waals surface area (Å²) in [5.74, 6) is -0.209. The van der Waals surface area contributed by atoms with Crippen molar-refractivity contribution in [1.29, 1.82) is 0 Å². The van der Waals surface area contributed by atoms with E-state index in [9.17, 15) is 14.9 Å². The predicted molar refractivity (Wildman–Crippen MR) is 117 cm³/mol. The lowest BCUT2D eigenvalue weighted by atomic mass is 10.1. The maximum Gasteiger partial charge on any atom is 0.270 e. The fraction of sp³-hybridized carbons (Fsp3) is 0.333. The van der Waals surface area contributed by atoms with Gasteiger partial charge in [0, 0.05) is 55.4 Å². The first kappa shape index (κ1) is 21.9. The molecule has 2 aromatic rings. The molecular weight excluding hydrogens is 406 g/mol. The number of nitro benzene ring substituents is 1. The molecule has 1 heterocycles. The van der Waals surface area contributed by atoms with Gasteiger partial charge >= 0.3 is 0 Å². The molecule has 1 aliphatic rings. The second-order valence-electron chi connectivity index (χ2n) is 7.18. The number of hydrogen-bond acceptors (Lipinski definition) is 6. The van der Waals surface area contributed by atoms with E-state index in [1.165, 1.54) is 12.1 Å². The Morgan fingerprint density at radius 3 is 2.53 bits per heavy atom. The SMILES string of the molecule is C/C(=N/NC(=O)CN1CCN(Cc2ccccc2Cl)CC1)c1cccc([N+](=O)[O-])c1.